The highest BCUT2D eigenvalue weighted by Crippen LogP contribution is 2.43. The molecule has 2 bridgehead atoms. The molecule has 4 saturated heterocycles. The fourth-order valence-electron chi connectivity index (χ4n) is 7.73. The van der Waals surface area contributed by atoms with E-state index in [1.54, 1.807) is 0 Å². The Labute approximate surface area is 256 Å². The third-order valence-electron chi connectivity index (χ3n) is 9.78. The van der Waals surface area contributed by atoms with E-state index in [9.17, 15) is 18.3 Å². The molecule has 4 aromatic rings. The maximum Gasteiger partial charge on any atom is 0.319 e. The number of phenolic OH excluding ortho intramolecular Hbond substituents is 1. The summed E-state index contributed by atoms with van der Waals surface area (Å²) in [5.41, 5.74) is -1.28. The smallest absolute Gasteiger partial charge is 0.319 e. The van der Waals surface area contributed by atoms with Gasteiger partial charge in [-0.15, -0.1) is 6.42 Å². The quantitative estimate of drug-likeness (QED) is 0.239. The number of anilines is 1. The molecule has 2 aromatic carbocycles. The first kappa shape index (κ1) is 28.3. The first-order valence-corrected chi connectivity index (χ1v) is 15.1. The van der Waals surface area contributed by atoms with Gasteiger partial charge in [-0.05, 0) is 50.4 Å². The molecule has 45 heavy (non-hydrogen) atoms. The second-order valence-electron chi connectivity index (χ2n) is 12.5. The van der Waals surface area contributed by atoms with Gasteiger partial charge < -0.3 is 19.5 Å². The number of halogens is 4. The average Bonchev–Trinajstić information content (AvgIpc) is 3.68. The molecule has 0 amide bonds. The number of ether oxygens (including phenoxy) is 2. The first-order chi connectivity index (χ1) is 21.7. The van der Waals surface area contributed by atoms with E-state index in [-0.39, 0.29) is 57.9 Å². The number of nitrogens with zero attached hydrogens (tertiary/aromatic N) is 5. The summed E-state index contributed by atoms with van der Waals surface area (Å²) >= 11 is 0. The van der Waals surface area contributed by atoms with Gasteiger partial charge in [0.15, 0.2) is 17.4 Å². The third-order valence-corrected chi connectivity index (χ3v) is 9.78. The fraction of sp³-hybridized carbons (Fsp3) is 0.424. The van der Waals surface area contributed by atoms with E-state index >= 15 is 4.39 Å². The number of benzene rings is 2. The van der Waals surface area contributed by atoms with Gasteiger partial charge in [-0.3, -0.25) is 9.88 Å². The maximum absolute atomic E-state index is 16.7. The molecule has 1 N–H and O–H groups in total. The van der Waals surface area contributed by atoms with Gasteiger partial charge in [0, 0.05) is 48.6 Å². The number of morpholine rings is 1. The standard InChI is InChI=1S/C33H29F4N5O3/c1-2-20-24(35)7-6-21-26(20)22(10-25(43)27(21)36)29-28(37)30-23(12-38-29)31(41-14-18-4-5-19(15-41)45-18)40-32(39-30)44-16-33-8-3-9-42(33)13-17(34)11-33/h1,6-7,10,12,17-19,43H,3-5,8-9,11,13-16H2/t17-,18?,19?,33+/m1/s1. The molecule has 6 heterocycles. The van der Waals surface area contributed by atoms with E-state index in [1.165, 1.54) is 6.20 Å². The van der Waals surface area contributed by atoms with E-state index in [0.29, 0.717) is 37.3 Å². The maximum atomic E-state index is 16.7. The highest BCUT2D eigenvalue weighted by molar-refractivity contribution is 6.03. The highest BCUT2D eigenvalue weighted by atomic mass is 19.1. The molecule has 4 aliphatic heterocycles. The molecule has 2 aromatic heterocycles. The number of fused-ring (bicyclic) bond motifs is 5. The normalized spacial score (nSPS) is 26.1. The van der Waals surface area contributed by atoms with Crippen LogP contribution < -0.4 is 9.64 Å². The van der Waals surface area contributed by atoms with Crippen molar-refractivity contribution in [2.45, 2.75) is 56.0 Å². The SMILES string of the molecule is C#Cc1c(F)ccc2c(F)c(O)cc(-c3ncc4c(N5CC6CCC(C5)O6)nc(OC[C@@]56CCCN5C[C@H](F)C6)nc4c3F)c12. The average molecular weight is 620 g/mol. The summed E-state index contributed by atoms with van der Waals surface area (Å²) in [5.74, 6) is -0.847. The Kier molecular flexibility index (Phi) is 6.55. The van der Waals surface area contributed by atoms with Crippen LogP contribution in [0.3, 0.4) is 0 Å². The molecule has 0 aliphatic carbocycles. The largest absolute Gasteiger partial charge is 0.505 e. The monoisotopic (exact) mass is 619 g/mol. The molecule has 0 radical (unpaired) electrons. The lowest BCUT2D eigenvalue weighted by Gasteiger charge is -2.34. The molecule has 4 fully saturated rings. The van der Waals surface area contributed by atoms with E-state index in [1.807, 2.05) is 4.90 Å². The number of phenols is 1. The summed E-state index contributed by atoms with van der Waals surface area (Å²) in [5, 5.41) is 10.4. The minimum atomic E-state index is -1.02. The second kappa shape index (κ2) is 10.4. The Morgan fingerprint density at radius 3 is 2.67 bits per heavy atom. The molecule has 12 heteroatoms. The van der Waals surface area contributed by atoms with E-state index in [2.05, 4.69) is 20.8 Å². The van der Waals surface area contributed by atoms with Gasteiger partial charge in [0.25, 0.3) is 0 Å². The minimum absolute atomic E-state index is 0.00626. The van der Waals surface area contributed by atoms with Crippen molar-refractivity contribution in [2.24, 2.45) is 0 Å². The van der Waals surface area contributed by atoms with Crippen LogP contribution in [0.25, 0.3) is 32.9 Å². The van der Waals surface area contributed by atoms with Crippen LogP contribution >= 0.6 is 0 Å². The van der Waals surface area contributed by atoms with Crippen molar-refractivity contribution in [2.75, 3.05) is 37.7 Å². The van der Waals surface area contributed by atoms with Crippen molar-refractivity contribution in [3.05, 3.63) is 47.4 Å². The van der Waals surface area contributed by atoms with Gasteiger partial charge in [0.05, 0.1) is 28.7 Å². The summed E-state index contributed by atoms with van der Waals surface area (Å²) < 4.78 is 73.1. The van der Waals surface area contributed by atoms with Crippen LogP contribution in [0, 0.1) is 29.8 Å². The van der Waals surface area contributed by atoms with Gasteiger partial charge in [-0.25, -0.2) is 17.6 Å². The first-order valence-electron chi connectivity index (χ1n) is 15.1. The predicted molar refractivity (Wildman–Crippen MR) is 158 cm³/mol. The number of aromatic hydroxyl groups is 1. The molecule has 0 saturated carbocycles. The lowest BCUT2D eigenvalue weighted by Crippen LogP contribution is -2.44. The van der Waals surface area contributed by atoms with Gasteiger partial charge in [-0.2, -0.15) is 9.97 Å². The molecule has 2 unspecified atom stereocenters. The molecule has 4 aliphatic rings. The number of rotatable bonds is 5. The summed E-state index contributed by atoms with van der Waals surface area (Å²) in [6.07, 6.45) is 9.93. The van der Waals surface area contributed by atoms with Crippen LogP contribution in [-0.2, 0) is 4.74 Å². The van der Waals surface area contributed by atoms with E-state index < -0.39 is 34.9 Å². The highest BCUT2D eigenvalue weighted by Gasteiger charge is 2.49. The Bertz CT molecular complexity index is 1910. The lowest BCUT2D eigenvalue weighted by molar-refractivity contribution is 0.0302. The molecule has 0 spiro atoms. The van der Waals surface area contributed by atoms with Gasteiger partial charge in [0.2, 0.25) is 0 Å². The third kappa shape index (κ3) is 4.47. The molecule has 4 atom stereocenters. The summed E-state index contributed by atoms with van der Waals surface area (Å²) in [7, 11) is 0. The van der Waals surface area contributed by atoms with Gasteiger partial charge >= 0.3 is 6.01 Å². The van der Waals surface area contributed by atoms with Crippen LogP contribution in [0.15, 0.2) is 24.4 Å². The molecule has 8 rings (SSSR count). The number of aromatic nitrogens is 3. The zero-order valence-electron chi connectivity index (χ0n) is 24.2. The lowest BCUT2D eigenvalue weighted by atomic mass is 9.95. The van der Waals surface area contributed by atoms with Crippen molar-refractivity contribution in [1.82, 2.24) is 19.9 Å². The van der Waals surface area contributed by atoms with Crippen LogP contribution in [0.1, 0.15) is 37.7 Å². The second-order valence-corrected chi connectivity index (χ2v) is 12.5. The number of pyridine rings is 1. The summed E-state index contributed by atoms with van der Waals surface area (Å²) in [4.78, 5) is 17.7. The van der Waals surface area contributed by atoms with Crippen LogP contribution in [-0.4, -0.2) is 81.7 Å². The van der Waals surface area contributed by atoms with Crippen molar-refractivity contribution < 1.29 is 32.1 Å². The molecule has 232 valence electrons. The number of alkyl halides is 1. The minimum Gasteiger partial charge on any atom is -0.505 e. The zero-order valence-corrected chi connectivity index (χ0v) is 24.2. The Hall–Kier alpha value is -4.21. The van der Waals surface area contributed by atoms with Crippen molar-refractivity contribution in [3.63, 3.8) is 0 Å². The Morgan fingerprint density at radius 1 is 1.09 bits per heavy atom. The van der Waals surface area contributed by atoms with Crippen LogP contribution in [0.5, 0.6) is 11.8 Å². The summed E-state index contributed by atoms with van der Waals surface area (Å²) in [6, 6.07) is 3.04. The van der Waals surface area contributed by atoms with Crippen LogP contribution in [0.2, 0.25) is 0 Å². The fourth-order valence-corrected chi connectivity index (χ4v) is 7.73. The molecular formula is C33H29F4N5O3. The van der Waals surface area contributed by atoms with Gasteiger partial charge in [-0.1, -0.05) is 5.92 Å². The van der Waals surface area contributed by atoms with Gasteiger partial charge in [0.1, 0.15) is 35.6 Å². The van der Waals surface area contributed by atoms with E-state index in [0.717, 1.165) is 50.4 Å². The number of hydrogen-bond acceptors (Lipinski definition) is 8. The Morgan fingerprint density at radius 2 is 1.89 bits per heavy atom. The molecule has 8 nitrogen and oxygen atoms in total. The number of hydrogen-bond donors (Lipinski definition) is 1. The molecular weight excluding hydrogens is 590 g/mol. The van der Waals surface area contributed by atoms with Crippen molar-refractivity contribution in [3.8, 4) is 35.4 Å². The van der Waals surface area contributed by atoms with Crippen molar-refractivity contribution >= 4 is 27.5 Å². The Balaban J connectivity index is 1.29. The zero-order chi connectivity index (χ0) is 31.0. The predicted octanol–water partition coefficient (Wildman–Crippen LogP) is 5.27. The van der Waals surface area contributed by atoms with Crippen LogP contribution in [0.4, 0.5) is 23.4 Å². The van der Waals surface area contributed by atoms with E-state index in [4.69, 9.17) is 20.9 Å². The van der Waals surface area contributed by atoms with Crippen molar-refractivity contribution in [1.29, 1.82) is 0 Å². The topological polar surface area (TPSA) is 83.8 Å². The summed E-state index contributed by atoms with van der Waals surface area (Å²) in [6.45, 7) is 2.36. The number of terminal acetylenes is 1.